The number of likely N-dealkylation sites (tertiary alicyclic amines) is 1. The number of piperidine rings is 1. The summed E-state index contributed by atoms with van der Waals surface area (Å²) in [6, 6.07) is 6.12. The van der Waals surface area contributed by atoms with Crippen LogP contribution in [0.25, 0.3) is 0 Å². The molecule has 0 bridgehead atoms. The minimum Gasteiger partial charge on any atom is -0.342 e. The van der Waals surface area contributed by atoms with Gasteiger partial charge in [-0.2, -0.15) is 0 Å². The van der Waals surface area contributed by atoms with Gasteiger partial charge >= 0.3 is 0 Å². The van der Waals surface area contributed by atoms with Crippen molar-refractivity contribution in [2.24, 2.45) is 11.1 Å². The summed E-state index contributed by atoms with van der Waals surface area (Å²) in [5, 5.41) is 0. The van der Waals surface area contributed by atoms with Crippen molar-refractivity contribution in [3.63, 3.8) is 0 Å². The average Bonchev–Trinajstić information content (AvgIpc) is 2.42. The molecule has 1 heterocycles. The molecule has 1 fully saturated rings. The molecule has 1 aromatic carbocycles. The quantitative estimate of drug-likeness (QED) is 0.907. The molecule has 0 aromatic heterocycles. The number of carbonyl (C=O) groups excluding carboxylic acids is 1. The topological polar surface area (TPSA) is 46.3 Å². The third kappa shape index (κ3) is 3.53. The zero-order chi connectivity index (χ0) is 13.9. The second-order valence-electron chi connectivity index (χ2n) is 5.70. The fourth-order valence-electron chi connectivity index (χ4n) is 2.39. The predicted molar refractivity (Wildman–Crippen MR) is 73.1 cm³/mol. The van der Waals surface area contributed by atoms with Crippen molar-refractivity contribution in [3.8, 4) is 0 Å². The molecule has 1 aliphatic rings. The van der Waals surface area contributed by atoms with E-state index in [9.17, 15) is 9.18 Å². The minimum atomic E-state index is -0.270. The van der Waals surface area contributed by atoms with Gasteiger partial charge in [0.2, 0.25) is 5.91 Å². The van der Waals surface area contributed by atoms with Gasteiger partial charge in [0.15, 0.2) is 0 Å². The van der Waals surface area contributed by atoms with Crippen molar-refractivity contribution < 1.29 is 9.18 Å². The molecule has 0 aliphatic carbocycles. The van der Waals surface area contributed by atoms with Gasteiger partial charge < -0.3 is 10.6 Å². The number of hydrogen-bond donors (Lipinski definition) is 1. The molecule has 19 heavy (non-hydrogen) atoms. The summed E-state index contributed by atoms with van der Waals surface area (Å²) in [4.78, 5) is 14.0. The second-order valence-corrected chi connectivity index (χ2v) is 5.70. The first-order chi connectivity index (χ1) is 9.02. The van der Waals surface area contributed by atoms with Crippen LogP contribution in [0.15, 0.2) is 24.3 Å². The maximum atomic E-state index is 12.8. The smallest absolute Gasteiger partial charge is 0.226 e. The lowest BCUT2D eigenvalue weighted by molar-refractivity contribution is -0.132. The Labute approximate surface area is 113 Å². The van der Waals surface area contributed by atoms with Crippen molar-refractivity contribution in [1.82, 2.24) is 4.90 Å². The van der Waals surface area contributed by atoms with E-state index >= 15 is 0 Å². The second kappa shape index (κ2) is 5.70. The zero-order valence-corrected chi connectivity index (χ0v) is 11.4. The summed E-state index contributed by atoms with van der Waals surface area (Å²) in [5.74, 6) is -0.154. The number of amides is 1. The Bertz CT molecular complexity index is 436. The number of carbonyl (C=O) groups is 1. The van der Waals surface area contributed by atoms with Gasteiger partial charge in [0, 0.05) is 13.1 Å². The van der Waals surface area contributed by atoms with Gasteiger partial charge in [-0.25, -0.2) is 4.39 Å². The molecule has 0 radical (unpaired) electrons. The van der Waals surface area contributed by atoms with E-state index < -0.39 is 0 Å². The predicted octanol–water partition coefficient (Wildman–Crippen LogP) is 1.96. The number of halogens is 1. The molecule has 1 saturated heterocycles. The average molecular weight is 264 g/mol. The molecule has 1 aliphatic heterocycles. The van der Waals surface area contributed by atoms with Gasteiger partial charge in [-0.1, -0.05) is 19.1 Å². The molecule has 2 rings (SSSR count). The van der Waals surface area contributed by atoms with Crippen LogP contribution in [0.1, 0.15) is 25.3 Å². The minimum absolute atomic E-state index is 0.116. The van der Waals surface area contributed by atoms with Crippen molar-refractivity contribution in [2.45, 2.75) is 26.2 Å². The van der Waals surface area contributed by atoms with E-state index in [1.807, 2.05) is 4.90 Å². The maximum Gasteiger partial charge on any atom is 0.226 e. The van der Waals surface area contributed by atoms with Crippen LogP contribution in [-0.2, 0) is 11.2 Å². The lowest BCUT2D eigenvalue weighted by Gasteiger charge is -2.38. The number of hydrogen-bond acceptors (Lipinski definition) is 2. The molecule has 4 heteroatoms. The molecule has 0 unspecified atom stereocenters. The van der Waals surface area contributed by atoms with Crippen LogP contribution in [0.3, 0.4) is 0 Å². The summed E-state index contributed by atoms with van der Waals surface area (Å²) in [6.45, 7) is 4.39. The number of rotatable bonds is 3. The molecular formula is C15H21FN2O. The summed E-state index contributed by atoms with van der Waals surface area (Å²) >= 11 is 0. The Balaban J connectivity index is 1.89. The van der Waals surface area contributed by atoms with E-state index in [4.69, 9.17) is 5.73 Å². The first kappa shape index (κ1) is 14.0. The lowest BCUT2D eigenvalue weighted by Crippen LogP contribution is -2.45. The van der Waals surface area contributed by atoms with E-state index in [1.54, 1.807) is 12.1 Å². The Morgan fingerprint density at radius 1 is 1.32 bits per heavy atom. The number of nitrogens with zero attached hydrogens (tertiary/aromatic N) is 1. The van der Waals surface area contributed by atoms with E-state index in [1.165, 1.54) is 12.1 Å². The molecule has 104 valence electrons. The fourth-order valence-corrected chi connectivity index (χ4v) is 2.39. The zero-order valence-electron chi connectivity index (χ0n) is 11.4. The first-order valence-corrected chi connectivity index (χ1v) is 6.75. The van der Waals surface area contributed by atoms with Crippen LogP contribution in [0.2, 0.25) is 0 Å². The monoisotopic (exact) mass is 264 g/mol. The van der Waals surface area contributed by atoms with Crippen LogP contribution in [0.5, 0.6) is 0 Å². The number of benzene rings is 1. The van der Waals surface area contributed by atoms with E-state index in [-0.39, 0.29) is 17.1 Å². The summed E-state index contributed by atoms with van der Waals surface area (Å²) in [6.07, 6.45) is 2.26. The van der Waals surface area contributed by atoms with Gasteiger partial charge in [0.25, 0.3) is 0 Å². The fraction of sp³-hybridized carbons (Fsp3) is 0.533. The standard InChI is InChI=1S/C15H21FN2O/c1-15(11-17)6-8-18(9-7-15)14(19)10-12-2-4-13(16)5-3-12/h2-5H,6-11,17H2,1H3. The van der Waals surface area contributed by atoms with Crippen LogP contribution in [0.4, 0.5) is 4.39 Å². The molecule has 0 atom stereocenters. The SMILES string of the molecule is CC1(CN)CCN(C(=O)Cc2ccc(F)cc2)CC1. The molecule has 1 aromatic rings. The molecule has 0 spiro atoms. The highest BCUT2D eigenvalue weighted by Crippen LogP contribution is 2.29. The van der Waals surface area contributed by atoms with Crippen molar-refractivity contribution in [2.75, 3.05) is 19.6 Å². The van der Waals surface area contributed by atoms with E-state index in [0.29, 0.717) is 13.0 Å². The Kier molecular flexibility index (Phi) is 4.20. The van der Waals surface area contributed by atoms with Crippen LogP contribution in [-0.4, -0.2) is 30.4 Å². The normalized spacial score (nSPS) is 18.4. The summed E-state index contributed by atoms with van der Waals surface area (Å²) in [5.41, 5.74) is 6.79. The highest BCUT2D eigenvalue weighted by Gasteiger charge is 2.30. The van der Waals surface area contributed by atoms with Crippen LogP contribution in [0, 0.1) is 11.2 Å². The van der Waals surface area contributed by atoms with Gasteiger partial charge in [0.05, 0.1) is 6.42 Å². The molecule has 0 saturated carbocycles. The Morgan fingerprint density at radius 2 is 1.89 bits per heavy atom. The third-order valence-corrected chi connectivity index (χ3v) is 4.08. The highest BCUT2D eigenvalue weighted by molar-refractivity contribution is 5.78. The van der Waals surface area contributed by atoms with E-state index in [2.05, 4.69) is 6.92 Å². The van der Waals surface area contributed by atoms with Crippen molar-refractivity contribution in [3.05, 3.63) is 35.6 Å². The highest BCUT2D eigenvalue weighted by atomic mass is 19.1. The Hall–Kier alpha value is -1.42. The maximum absolute atomic E-state index is 12.8. The summed E-state index contributed by atoms with van der Waals surface area (Å²) < 4.78 is 12.8. The van der Waals surface area contributed by atoms with Gasteiger partial charge in [-0.3, -0.25) is 4.79 Å². The van der Waals surface area contributed by atoms with Gasteiger partial charge in [0.1, 0.15) is 5.82 Å². The largest absolute Gasteiger partial charge is 0.342 e. The Morgan fingerprint density at radius 3 is 2.42 bits per heavy atom. The first-order valence-electron chi connectivity index (χ1n) is 6.75. The molecular weight excluding hydrogens is 243 g/mol. The van der Waals surface area contributed by atoms with Crippen LogP contribution >= 0.6 is 0 Å². The van der Waals surface area contributed by atoms with Crippen LogP contribution < -0.4 is 5.73 Å². The number of nitrogens with two attached hydrogens (primary N) is 1. The van der Waals surface area contributed by atoms with Gasteiger partial charge in [-0.15, -0.1) is 0 Å². The third-order valence-electron chi connectivity index (χ3n) is 4.08. The molecule has 3 nitrogen and oxygen atoms in total. The lowest BCUT2D eigenvalue weighted by atomic mass is 9.80. The van der Waals surface area contributed by atoms with Crippen molar-refractivity contribution >= 4 is 5.91 Å². The summed E-state index contributed by atoms with van der Waals surface area (Å²) in [7, 11) is 0. The molecule has 2 N–H and O–H groups in total. The van der Waals surface area contributed by atoms with E-state index in [0.717, 1.165) is 31.5 Å². The van der Waals surface area contributed by atoms with Gasteiger partial charge in [-0.05, 0) is 42.5 Å². The van der Waals surface area contributed by atoms with Crippen molar-refractivity contribution in [1.29, 1.82) is 0 Å². The molecule has 1 amide bonds.